The van der Waals surface area contributed by atoms with Crippen LogP contribution in [0.3, 0.4) is 0 Å². The average molecular weight is 439 g/mol. The van der Waals surface area contributed by atoms with Crippen LogP contribution in [0, 0.1) is 11.8 Å². The summed E-state index contributed by atoms with van der Waals surface area (Å²) in [4.78, 5) is 12.6. The third-order valence-electron chi connectivity index (χ3n) is 4.44. The summed E-state index contributed by atoms with van der Waals surface area (Å²) in [6.07, 6.45) is 0.600. The quantitative estimate of drug-likeness (QED) is 0.478. The number of methoxy groups -OCH3 is 1. The van der Waals surface area contributed by atoms with E-state index in [1.165, 1.54) is 0 Å². The van der Waals surface area contributed by atoms with Gasteiger partial charge in [0.25, 0.3) is 0 Å². The molecule has 31 heavy (non-hydrogen) atoms. The molecule has 2 aromatic carbocycles. The van der Waals surface area contributed by atoms with Crippen molar-refractivity contribution < 1.29 is 17.9 Å². The lowest BCUT2D eigenvalue weighted by Gasteiger charge is -2.14. The molecule has 0 aliphatic rings. The van der Waals surface area contributed by atoms with Gasteiger partial charge >= 0.3 is 0 Å². The zero-order valence-corrected chi connectivity index (χ0v) is 20.2. The van der Waals surface area contributed by atoms with E-state index < -0.39 is 15.4 Å². The molecule has 2 rings (SSSR count). The molecule has 2 aromatic rings. The lowest BCUT2D eigenvalue weighted by Crippen LogP contribution is -2.19. The Morgan fingerprint density at radius 3 is 1.81 bits per heavy atom. The van der Waals surface area contributed by atoms with Crippen molar-refractivity contribution in [2.75, 3.05) is 12.9 Å². The van der Waals surface area contributed by atoms with Crippen molar-refractivity contribution in [2.45, 2.75) is 58.0 Å². The first-order chi connectivity index (χ1) is 14.1. The number of hydrogen-bond acceptors (Lipinski definition) is 4. The van der Waals surface area contributed by atoms with E-state index in [0.29, 0.717) is 11.3 Å². The summed E-state index contributed by atoms with van der Waals surface area (Å²) in [6.45, 7) is 9.41. The van der Waals surface area contributed by atoms with Gasteiger partial charge in [0.1, 0.15) is 11.4 Å². The van der Waals surface area contributed by atoms with E-state index in [9.17, 15) is 13.2 Å². The second-order valence-electron chi connectivity index (χ2n) is 7.10. The SMILES string of the molecule is CC.CCS(=O)(=O)c1ccc(CC(=O)Cc2ccc(C#CC(C)(C)OC)cc2)cc1.[B]. The summed E-state index contributed by atoms with van der Waals surface area (Å²) in [5, 5.41) is 0. The summed E-state index contributed by atoms with van der Waals surface area (Å²) in [7, 11) is -1.59. The Balaban J connectivity index is 0.00000291. The minimum absolute atomic E-state index is 0. The third-order valence-corrected chi connectivity index (χ3v) is 6.19. The van der Waals surface area contributed by atoms with Gasteiger partial charge in [0, 0.05) is 33.9 Å². The largest absolute Gasteiger partial charge is 0.366 e. The van der Waals surface area contributed by atoms with Gasteiger partial charge < -0.3 is 4.74 Å². The first-order valence-electron chi connectivity index (χ1n) is 10.2. The van der Waals surface area contributed by atoms with Crippen molar-refractivity contribution in [3.05, 3.63) is 65.2 Å². The summed E-state index contributed by atoms with van der Waals surface area (Å²) < 4.78 is 28.9. The van der Waals surface area contributed by atoms with Gasteiger partial charge in [0.15, 0.2) is 9.84 Å². The second kappa shape index (κ2) is 13.1. The van der Waals surface area contributed by atoms with E-state index in [1.807, 2.05) is 52.0 Å². The van der Waals surface area contributed by atoms with E-state index in [2.05, 4.69) is 11.8 Å². The Kier molecular flexibility index (Phi) is 12.1. The summed E-state index contributed by atoms with van der Waals surface area (Å²) >= 11 is 0. The third kappa shape index (κ3) is 9.54. The maximum atomic E-state index is 12.3. The normalized spacial score (nSPS) is 10.6. The molecule has 0 saturated carbocycles. The van der Waals surface area contributed by atoms with Gasteiger partial charge in [-0.15, -0.1) is 0 Å². The zero-order valence-electron chi connectivity index (χ0n) is 19.4. The first kappa shape index (κ1) is 28.6. The predicted octanol–water partition coefficient (Wildman–Crippen LogP) is 4.26. The summed E-state index contributed by atoms with van der Waals surface area (Å²) in [6, 6.07) is 14.1. The molecular formula is C25H32BO4S. The number of sulfone groups is 1. The topological polar surface area (TPSA) is 60.4 Å². The van der Waals surface area contributed by atoms with E-state index in [-0.39, 0.29) is 26.4 Å². The number of Topliss-reactive ketones (excluding diaryl/α,β-unsaturated/α-hetero) is 1. The number of hydrogen-bond donors (Lipinski definition) is 0. The number of carbonyl (C=O) groups is 1. The number of ketones is 1. The molecule has 0 unspecified atom stereocenters. The number of carbonyl (C=O) groups excluding carboxylic acids is 1. The van der Waals surface area contributed by atoms with Crippen LogP contribution in [0.2, 0.25) is 0 Å². The number of benzene rings is 2. The number of rotatable bonds is 7. The van der Waals surface area contributed by atoms with Crippen LogP contribution in [0.5, 0.6) is 0 Å². The molecule has 4 nitrogen and oxygen atoms in total. The van der Waals surface area contributed by atoms with Crippen LogP contribution in [-0.2, 0) is 32.2 Å². The molecule has 0 heterocycles. The smallest absolute Gasteiger partial charge is 0.178 e. The molecule has 0 atom stereocenters. The van der Waals surface area contributed by atoms with E-state index >= 15 is 0 Å². The van der Waals surface area contributed by atoms with E-state index in [4.69, 9.17) is 4.74 Å². The molecule has 0 fully saturated rings. The minimum Gasteiger partial charge on any atom is -0.366 e. The van der Waals surface area contributed by atoms with Crippen LogP contribution >= 0.6 is 0 Å². The van der Waals surface area contributed by atoms with Crippen molar-refractivity contribution in [3.8, 4) is 11.8 Å². The lowest BCUT2D eigenvalue weighted by molar-refractivity contribution is -0.117. The highest BCUT2D eigenvalue weighted by molar-refractivity contribution is 7.91. The molecule has 6 heteroatoms. The van der Waals surface area contributed by atoms with E-state index in [1.54, 1.807) is 38.3 Å². The maximum Gasteiger partial charge on any atom is 0.178 e. The summed E-state index contributed by atoms with van der Waals surface area (Å²) in [5.74, 6) is 6.26. The molecule has 0 spiro atoms. The monoisotopic (exact) mass is 439 g/mol. The summed E-state index contributed by atoms with van der Waals surface area (Å²) in [5.41, 5.74) is 2.10. The zero-order chi connectivity index (χ0) is 22.8. The molecule has 0 saturated heterocycles. The molecule has 0 aliphatic heterocycles. The Morgan fingerprint density at radius 1 is 0.935 bits per heavy atom. The maximum absolute atomic E-state index is 12.3. The van der Waals surface area contributed by atoms with Crippen LogP contribution in [0.4, 0.5) is 0 Å². The van der Waals surface area contributed by atoms with Crippen LogP contribution in [-0.4, -0.2) is 41.1 Å². The van der Waals surface area contributed by atoms with Gasteiger partial charge in [-0.2, -0.15) is 0 Å². The van der Waals surface area contributed by atoms with Gasteiger partial charge in [-0.05, 0) is 49.2 Å². The van der Waals surface area contributed by atoms with Crippen LogP contribution < -0.4 is 0 Å². The van der Waals surface area contributed by atoms with Crippen molar-refractivity contribution in [1.29, 1.82) is 0 Å². The second-order valence-corrected chi connectivity index (χ2v) is 9.38. The van der Waals surface area contributed by atoms with Crippen molar-refractivity contribution in [1.82, 2.24) is 0 Å². The van der Waals surface area contributed by atoms with Gasteiger partial charge in [-0.25, -0.2) is 8.42 Å². The molecule has 0 aliphatic carbocycles. The van der Waals surface area contributed by atoms with Crippen molar-refractivity contribution >= 4 is 24.0 Å². The van der Waals surface area contributed by atoms with Crippen molar-refractivity contribution in [2.24, 2.45) is 0 Å². The van der Waals surface area contributed by atoms with Crippen molar-refractivity contribution in [3.63, 3.8) is 0 Å². The van der Waals surface area contributed by atoms with Gasteiger partial charge in [0.05, 0.1) is 10.6 Å². The Bertz CT molecular complexity index is 981. The standard InChI is InChI=1S/C23H26O4S.C2H6.B/c1-5-28(25,26)22-12-10-20(11-13-22)17-21(24)16-19-8-6-18(7-9-19)14-15-23(2,3)27-4;1-2;/h6-13H,5,16-17H2,1-4H3;1-2H3;. The molecule has 0 aromatic heterocycles. The fourth-order valence-electron chi connectivity index (χ4n) is 2.48. The average Bonchev–Trinajstić information content (AvgIpc) is 2.75. The molecule has 0 amide bonds. The molecule has 0 N–H and O–H groups in total. The Morgan fingerprint density at radius 2 is 1.39 bits per heavy atom. The molecule has 3 radical (unpaired) electrons. The Labute approximate surface area is 189 Å². The van der Waals surface area contributed by atoms with Gasteiger partial charge in [-0.3, -0.25) is 4.79 Å². The number of ether oxygens (including phenoxy) is 1. The highest BCUT2D eigenvalue weighted by atomic mass is 32.2. The Hall–Kier alpha value is -2.36. The van der Waals surface area contributed by atoms with Gasteiger partial charge in [0.2, 0.25) is 0 Å². The van der Waals surface area contributed by atoms with Crippen LogP contribution in [0.15, 0.2) is 53.4 Å². The van der Waals surface area contributed by atoms with E-state index in [0.717, 1.165) is 16.7 Å². The molecule has 165 valence electrons. The predicted molar refractivity (Wildman–Crippen MR) is 128 cm³/mol. The fraction of sp³-hybridized carbons (Fsp3) is 0.400. The molecule has 0 bridgehead atoms. The lowest BCUT2D eigenvalue weighted by atomic mass is 10.0. The first-order valence-corrected chi connectivity index (χ1v) is 11.8. The fourth-order valence-corrected chi connectivity index (χ4v) is 3.36. The van der Waals surface area contributed by atoms with Crippen LogP contribution in [0.1, 0.15) is 51.3 Å². The van der Waals surface area contributed by atoms with Gasteiger partial charge in [-0.1, -0.05) is 56.9 Å². The highest BCUT2D eigenvalue weighted by Crippen LogP contribution is 2.14. The van der Waals surface area contributed by atoms with Crippen LogP contribution in [0.25, 0.3) is 0 Å². The molecular weight excluding hydrogens is 407 g/mol. The minimum atomic E-state index is -3.22. The highest BCUT2D eigenvalue weighted by Gasteiger charge is 2.12.